The van der Waals surface area contributed by atoms with E-state index in [4.69, 9.17) is 5.73 Å². The number of halogens is 2. The van der Waals surface area contributed by atoms with Crippen LogP contribution in [0.15, 0.2) is 60.7 Å². The first-order valence-electron chi connectivity index (χ1n) is 13.9. The zero-order chi connectivity index (χ0) is 29.0. The Hall–Kier alpha value is -2.61. The lowest BCUT2D eigenvalue weighted by Crippen LogP contribution is -2.63. The maximum atomic E-state index is 14.4. The van der Waals surface area contributed by atoms with Gasteiger partial charge in [0.25, 0.3) is 0 Å². The molecule has 39 heavy (non-hydrogen) atoms. The Morgan fingerprint density at radius 1 is 1.00 bits per heavy atom. The van der Waals surface area contributed by atoms with Crippen LogP contribution in [0, 0.1) is 23.0 Å². The topological polar surface area (TPSA) is 78.6 Å². The van der Waals surface area contributed by atoms with E-state index in [9.17, 15) is 18.8 Å². The largest absolute Gasteiger partial charge is 0.352 e. The third-order valence-corrected chi connectivity index (χ3v) is 7.70. The van der Waals surface area contributed by atoms with Crippen molar-refractivity contribution in [1.82, 2.24) is 10.4 Å². The van der Waals surface area contributed by atoms with Gasteiger partial charge < -0.3 is 16.3 Å². The van der Waals surface area contributed by atoms with Crippen LogP contribution < -0.4 is 11.1 Å². The van der Waals surface area contributed by atoms with E-state index in [1.54, 1.807) is 24.3 Å². The maximum Gasteiger partial charge on any atom is 0.230 e. The average molecular weight is 542 g/mol. The number of nitrogens with one attached hydrogen (secondary N) is 1. The number of nitrogens with two attached hydrogens (primary N) is 1. The first-order valence-corrected chi connectivity index (χ1v) is 13.9. The minimum atomic E-state index is -1.06. The molecule has 0 spiro atoms. The number of nitrogens with zero attached hydrogens (tertiary/aromatic N) is 1. The van der Waals surface area contributed by atoms with E-state index < -0.39 is 16.5 Å². The Morgan fingerprint density at radius 3 is 1.85 bits per heavy atom. The molecule has 1 aliphatic rings. The van der Waals surface area contributed by atoms with Crippen LogP contribution in [0.2, 0.25) is 0 Å². The summed E-state index contributed by atoms with van der Waals surface area (Å²) in [4.78, 5) is 14.4. The van der Waals surface area contributed by atoms with Gasteiger partial charge in [-0.25, -0.2) is 8.78 Å². The number of carbonyl (C=O) groups excluding carboxylic acids is 1. The van der Waals surface area contributed by atoms with E-state index >= 15 is 0 Å². The predicted molar refractivity (Wildman–Crippen MR) is 152 cm³/mol. The third-order valence-electron chi connectivity index (χ3n) is 7.70. The minimum absolute atomic E-state index is 0.174. The van der Waals surface area contributed by atoms with Crippen molar-refractivity contribution in [2.24, 2.45) is 17.1 Å². The van der Waals surface area contributed by atoms with Gasteiger partial charge in [-0.05, 0) is 101 Å². The summed E-state index contributed by atoms with van der Waals surface area (Å²) >= 11 is 0. The van der Waals surface area contributed by atoms with Crippen molar-refractivity contribution in [2.45, 2.75) is 96.8 Å². The highest BCUT2D eigenvalue weighted by molar-refractivity contribution is 5.85. The number of hydrogen-bond donors (Lipinski definition) is 3. The molecule has 2 aromatic carbocycles. The van der Waals surface area contributed by atoms with Crippen molar-refractivity contribution < 1.29 is 18.8 Å². The molecule has 214 valence electrons. The summed E-state index contributed by atoms with van der Waals surface area (Å²) in [5.41, 5.74) is 5.91. The molecule has 0 bridgehead atoms. The molecule has 1 atom stereocenters. The zero-order valence-corrected chi connectivity index (χ0v) is 24.2. The molecule has 0 radical (unpaired) electrons. The fourth-order valence-corrected chi connectivity index (χ4v) is 5.98. The van der Waals surface area contributed by atoms with Gasteiger partial charge in [0.05, 0.1) is 5.41 Å². The number of hydroxylamine groups is 2. The zero-order valence-electron chi connectivity index (χ0n) is 24.2. The van der Waals surface area contributed by atoms with E-state index in [1.807, 2.05) is 39.8 Å². The number of carbonyl (C=O) groups is 1. The Morgan fingerprint density at radius 2 is 1.44 bits per heavy atom. The van der Waals surface area contributed by atoms with Crippen LogP contribution in [-0.2, 0) is 17.6 Å². The molecule has 4 N–H and O–H groups in total. The van der Waals surface area contributed by atoms with Crippen LogP contribution in [0.1, 0.15) is 71.9 Å². The summed E-state index contributed by atoms with van der Waals surface area (Å²) in [6, 6.07) is 11.9. The van der Waals surface area contributed by atoms with Gasteiger partial charge in [-0.3, -0.25) is 4.79 Å². The van der Waals surface area contributed by atoms with Crippen molar-refractivity contribution in [3.05, 3.63) is 83.4 Å². The highest BCUT2D eigenvalue weighted by Crippen LogP contribution is 2.38. The SMILES string of the molecule is CC(C)C[C@H](N)/C=C/C(Cc1ccc(F)cc1)(Cc1ccc(F)cc1)C(=O)NC1CC(C)(C)N(O)C(C)(C)C1. The summed E-state index contributed by atoms with van der Waals surface area (Å²) in [5.74, 6) is -0.480. The van der Waals surface area contributed by atoms with Crippen molar-refractivity contribution in [1.29, 1.82) is 0 Å². The van der Waals surface area contributed by atoms with Gasteiger partial charge in [0.15, 0.2) is 0 Å². The number of rotatable bonds is 10. The van der Waals surface area contributed by atoms with Crippen LogP contribution in [0.25, 0.3) is 0 Å². The molecule has 1 amide bonds. The monoisotopic (exact) mass is 541 g/mol. The Kier molecular flexibility index (Phi) is 9.73. The van der Waals surface area contributed by atoms with Crippen LogP contribution in [0.3, 0.4) is 0 Å². The van der Waals surface area contributed by atoms with E-state index in [-0.39, 0.29) is 29.6 Å². The second-order valence-electron chi connectivity index (χ2n) is 12.9. The molecule has 1 saturated heterocycles. The van der Waals surface area contributed by atoms with Gasteiger partial charge in [0, 0.05) is 23.2 Å². The molecule has 5 nitrogen and oxygen atoms in total. The van der Waals surface area contributed by atoms with Gasteiger partial charge in [0.1, 0.15) is 11.6 Å². The normalized spacial score (nSPS) is 18.9. The summed E-state index contributed by atoms with van der Waals surface area (Å²) in [7, 11) is 0. The molecule has 1 aliphatic heterocycles. The molecule has 0 unspecified atom stereocenters. The average Bonchev–Trinajstić information content (AvgIpc) is 2.83. The Bertz CT molecular complexity index is 1060. The smallest absolute Gasteiger partial charge is 0.230 e. The van der Waals surface area contributed by atoms with Crippen LogP contribution >= 0.6 is 0 Å². The standard InChI is InChI=1S/C32H45F2N3O2/c1-22(2)17-27(35)15-16-32(18-23-7-11-25(33)12-8-23,19-24-9-13-26(34)14-10-24)29(38)36-28-20-30(3,4)37(39)31(5,6)21-28/h7-16,22,27-28,39H,17-21,35H2,1-6H3,(H,36,38)/b16-15+/t27-/m1/s1. The van der Waals surface area contributed by atoms with Gasteiger partial charge in [-0.15, -0.1) is 0 Å². The second-order valence-corrected chi connectivity index (χ2v) is 12.9. The van der Waals surface area contributed by atoms with Gasteiger partial charge in [0.2, 0.25) is 5.91 Å². The number of amides is 1. The summed E-state index contributed by atoms with van der Waals surface area (Å²) < 4.78 is 27.5. The van der Waals surface area contributed by atoms with Crippen molar-refractivity contribution in [3.63, 3.8) is 0 Å². The lowest BCUT2D eigenvalue weighted by molar-refractivity contribution is -0.246. The fraction of sp³-hybridized carbons (Fsp3) is 0.531. The van der Waals surface area contributed by atoms with Gasteiger partial charge in [-0.2, -0.15) is 5.06 Å². The summed E-state index contributed by atoms with van der Waals surface area (Å²) in [6.45, 7) is 12.0. The number of benzene rings is 2. The van der Waals surface area contributed by atoms with Crippen LogP contribution in [0.4, 0.5) is 8.78 Å². The molecule has 0 saturated carbocycles. The predicted octanol–water partition coefficient (Wildman–Crippen LogP) is 6.19. The molecule has 0 aliphatic carbocycles. The van der Waals surface area contributed by atoms with Gasteiger partial charge in [-0.1, -0.05) is 50.3 Å². The Labute approximate surface area is 232 Å². The van der Waals surface area contributed by atoms with E-state index in [1.165, 1.54) is 29.3 Å². The maximum absolute atomic E-state index is 14.4. The molecule has 1 fully saturated rings. The molecule has 1 heterocycles. The highest BCUT2D eigenvalue weighted by atomic mass is 19.1. The molecule has 7 heteroatoms. The highest BCUT2D eigenvalue weighted by Gasteiger charge is 2.47. The molecular weight excluding hydrogens is 496 g/mol. The van der Waals surface area contributed by atoms with Crippen LogP contribution in [-0.4, -0.2) is 39.3 Å². The van der Waals surface area contributed by atoms with Crippen molar-refractivity contribution in [2.75, 3.05) is 0 Å². The second kappa shape index (κ2) is 12.3. The summed E-state index contributed by atoms with van der Waals surface area (Å²) in [6.07, 6.45) is 6.33. The lowest BCUT2D eigenvalue weighted by atomic mass is 9.73. The lowest BCUT2D eigenvalue weighted by Gasteiger charge is -2.52. The van der Waals surface area contributed by atoms with E-state index in [0.717, 1.165) is 17.5 Å². The minimum Gasteiger partial charge on any atom is -0.352 e. The summed E-state index contributed by atoms with van der Waals surface area (Å²) in [5, 5.41) is 15.5. The van der Waals surface area contributed by atoms with Crippen molar-refractivity contribution in [3.8, 4) is 0 Å². The molecule has 2 aromatic rings. The van der Waals surface area contributed by atoms with Crippen molar-refractivity contribution >= 4 is 5.91 Å². The molecular formula is C32H45F2N3O2. The van der Waals surface area contributed by atoms with E-state index in [0.29, 0.717) is 31.6 Å². The van der Waals surface area contributed by atoms with Gasteiger partial charge >= 0.3 is 0 Å². The molecule has 3 rings (SSSR count). The number of piperidine rings is 1. The van der Waals surface area contributed by atoms with Crippen LogP contribution in [0.5, 0.6) is 0 Å². The van der Waals surface area contributed by atoms with E-state index in [2.05, 4.69) is 19.2 Å². The molecule has 0 aromatic heterocycles. The first-order chi connectivity index (χ1) is 18.1. The first kappa shape index (κ1) is 30.9. The number of hydrogen-bond acceptors (Lipinski definition) is 4. The Balaban J connectivity index is 2.04. The fourth-order valence-electron chi connectivity index (χ4n) is 5.98. The third kappa shape index (κ3) is 8.19. The quantitative estimate of drug-likeness (QED) is 0.313.